The highest BCUT2D eigenvalue weighted by Crippen LogP contribution is 2.44. The number of carbonyl (C=O) groups excluding carboxylic acids is 1. The second-order valence-corrected chi connectivity index (χ2v) is 10.5. The predicted octanol–water partition coefficient (Wildman–Crippen LogP) is 3.98. The van der Waals surface area contributed by atoms with Gasteiger partial charge in [-0.1, -0.05) is 0 Å². The number of aromatic nitrogens is 4. The average Bonchev–Trinajstić information content (AvgIpc) is 3.54. The fourth-order valence-corrected chi connectivity index (χ4v) is 5.60. The molecule has 36 heavy (non-hydrogen) atoms. The SMILES string of the molecule is Cc1ccnc(C(C)Oc2cc(-c3cc4n(n3)CC[C@@]43CCN(C(=O)NC4CCC4)C3)cnc2N)c1. The van der Waals surface area contributed by atoms with Crippen molar-refractivity contribution in [1.82, 2.24) is 30.0 Å². The Morgan fingerprint density at radius 1 is 1.22 bits per heavy atom. The Hall–Kier alpha value is -3.62. The van der Waals surface area contributed by atoms with Crippen LogP contribution in [-0.2, 0) is 12.0 Å². The summed E-state index contributed by atoms with van der Waals surface area (Å²) >= 11 is 0. The maximum Gasteiger partial charge on any atom is 0.317 e. The van der Waals surface area contributed by atoms with Crippen LogP contribution >= 0.6 is 0 Å². The number of nitrogens with one attached hydrogen (secondary N) is 1. The topological polar surface area (TPSA) is 111 Å². The number of anilines is 1. The van der Waals surface area contributed by atoms with Crippen molar-refractivity contribution in [3.63, 3.8) is 0 Å². The van der Waals surface area contributed by atoms with Gasteiger partial charge in [-0.3, -0.25) is 9.67 Å². The van der Waals surface area contributed by atoms with Crippen molar-refractivity contribution in [3.8, 4) is 17.0 Å². The molecule has 1 saturated heterocycles. The van der Waals surface area contributed by atoms with E-state index >= 15 is 0 Å². The number of nitrogens with zero attached hydrogens (tertiary/aromatic N) is 5. The number of hydrogen-bond donors (Lipinski definition) is 2. The van der Waals surface area contributed by atoms with Crippen LogP contribution in [0.15, 0.2) is 36.7 Å². The van der Waals surface area contributed by atoms with E-state index in [4.69, 9.17) is 15.6 Å². The lowest BCUT2D eigenvalue weighted by molar-refractivity contribution is 0.193. The van der Waals surface area contributed by atoms with Gasteiger partial charge in [0, 0.05) is 54.7 Å². The Morgan fingerprint density at radius 2 is 2.06 bits per heavy atom. The molecule has 9 heteroatoms. The highest BCUT2D eigenvalue weighted by Gasteiger charge is 2.47. The molecule has 9 nitrogen and oxygen atoms in total. The van der Waals surface area contributed by atoms with Crippen molar-refractivity contribution in [1.29, 1.82) is 0 Å². The lowest BCUT2D eigenvalue weighted by Crippen LogP contribution is -2.47. The first-order valence-corrected chi connectivity index (χ1v) is 12.9. The van der Waals surface area contributed by atoms with Gasteiger partial charge >= 0.3 is 6.03 Å². The highest BCUT2D eigenvalue weighted by molar-refractivity contribution is 5.75. The molecular formula is C27H33N7O2. The molecule has 1 unspecified atom stereocenters. The third kappa shape index (κ3) is 4.06. The molecule has 0 bridgehead atoms. The largest absolute Gasteiger partial charge is 0.481 e. The van der Waals surface area contributed by atoms with Crippen LogP contribution in [0, 0.1) is 6.92 Å². The van der Waals surface area contributed by atoms with Crippen molar-refractivity contribution >= 4 is 11.8 Å². The second kappa shape index (κ2) is 8.80. The summed E-state index contributed by atoms with van der Waals surface area (Å²) in [7, 11) is 0. The summed E-state index contributed by atoms with van der Waals surface area (Å²) in [4.78, 5) is 23.6. The van der Waals surface area contributed by atoms with Gasteiger partial charge in [-0.15, -0.1) is 0 Å². The molecular weight excluding hydrogens is 454 g/mol. The number of rotatable bonds is 5. The summed E-state index contributed by atoms with van der Waals surface area (Å²) in [6, 6.07) is 8.47. The minimum atomic E-state index is -0.268. The normalized spacial score (nSPS) is 21.9. The summed E-state index contributed by atoms with van der Waals surface area (Å²) in [5, 5.41) is 8.08. The number of urea groups is 1. The van der Waals surface area contributed by atoms with Gasteiger partial charge in [0.25, 0.3) is 0 Å². The molecule has 6 rings (SSSR count). The molecule has 1 aliphatic carbocycles. The number of ether oxygens (including phenoxy) is 1. The first-order valence-electron chi connectivity index (χ1n) is 12.9. The molecule has 2 fully saturated rings. The lowest BCUT2D eigenvalue weighted by atomic mass is 9.82. The third-order valence-electron chi connectivity index (χ3n) is 8.03. The third-order valence-corrected chi connectivity index (χ3v) is 8.03. The van der Waals surface area contributed by atoms with Crippen LogP contribution in [0.3, 0.4) is 0 Å². The number of carbonyl (C=O) groups is 1. The molecule has 3 aromatic heterocycles. The van der Waals surface area contributed by atoms with Gasteiger partial charge in [-0.2, -0.15) is 5.10 Å². The summed E-state index contributed by atoms with van der Waals surface area (Å²) in [6.07, 6.45) is 8.65. The molecule has 2 amide bonds. The van der Waals surface area contributed by atoms with E-state index in [1.165, 1.54) is 12.1 Å². The number of nitrogen functional groups attached to an aromatic ring is 1. The quantitative estimate of drug-likeness (QED) is 0.563. The Bertz CT molecular complexity index is 1300. The van der Waals surface area contributed by atoms with Crippen LogP contribution in [0.4, 0.5) is 10.6 Å². The van der Waals surface area contributed by atoms with E-state index in [0.717, 1.165) is 67.8 Å². The van der Waals surface area contributed by atoms with Crippen molar-refractivity contribution in [2.45, 2.75) is 70.1 Å². The molecule has 1 spiro atoms. The van der Waals surface area contributed by atoms with E-state index in [9.17, 15) is 4.79 Å². The van der Waals surface area contributed by atoms with Crippen LogP contribution in [0.1, 0.15) is 62.1 Å². The Morgan fingerprint density at radius 3 is 2.83 bits per heavy atom. The minimum Gasteiger partial charge on any atom is -0.481 e. The fourth-order valence-electron chi connectivity index (χ4n) is 5.60. The number of likely N-dealkylation sites (tertiary alicyclic amines) is 1. The highest BCUT2D eigenvalue weighted by atomic mass is 16.5. The number of aryl methyl sites for hydroxylation is 2. The minimum absolute atomic E-state index is 0.0336. The van der Waals surface area contributed by atoms with Gasteiger partial charge < -0.3 is 20.7 Å². The van der Waals surface area contributed by atoms with Gasteiger partial charge in [0.05, 0.1) is 11.4 Å². The number of fused-ring (bicyclic) bond motifs is 2. The Kier molecular flexibility index (Phi) is 5.58. The molecule has 3 N–H and O–H groups in total. The average molecular weight is 488 g/mol. The van der Waals surface area contributed by atoms with Crippen LogP contribution < -0.4 is 15.8 Å². The number of pyridine rings is 2. The first-order chi connectivity index (χ1) is 17.4. The number of nitrogens with two attached hydrogens (primary N) is 1. The summed E-state index contributed by atoms with van der Waals surface area (Å²) in [5.41, 5.74) is 11.0. The van der Waals surface area contributed by atoms with Crippen molar-refractivity contribution in [2.75, 3.05) is 18.8 Å². The van der Waals surface area contributed by atoms with Crippen molar-refractivity contribution in [3.05, 3.63) is 53.6 Å². The van der Waals surface area contributed by atoms with Crippen LogP contribution in [0.2, 0.25) is 0 Å². The van der Waals surface area contributed by atoms with Crippen LogP contribution in [0.5, 0.6) is 5.75 Å². The molecule has 5 heterocycles. The van der Waals surface area contributed by atoms with E-state index < -0.39 is 0 Å². The second-order valence-electron chi connectivity index (χ2n) is 10.5. The maximum atomic E-state index is 12.8. The Labute approximate surface area is 211 Å². The van der Waals surface area contributed by atoms with Crippen molar-refractivity contribution in [2.24, 2.45) is 0 Å². The molecule has 2 aliphatic heterocycles. The number of hydrogen-bond acceptors (Lipinski definition) is 6. The standard InChI is InChI=1S/C27H33N7O2/c1-17-6-9-29-21(12-17)18(2)36-23-13-19(15-30-25(23)28)22-14-24-27(8-11-34(24)32-22)7-10-33(16-27)26(35)31-20-4-3-5-20/h6,9,12-15,18,20H,3-5,7-8,10-11,16H2,1-2H3,(H2,28,30)(H,31,35)/t18?,27-/m1/s1. The summed E-state index contributed by atoms with van der Waals surface area (Å²) < 4.78 is 8.27. The zero-order chi connectivity index (χ0) is 24.9. The molecule has 0 radical (unpaired) electrons. The monoisotopic (exact) mass is 487 g/mol. The summed E-state index contributed by atoms with van der Waals surface area (Å²) in [6.45, 7) is 6.37. The first kappa shape index (κ1) is 22.8. The van der Waals surface area contributed by atoms with E-state index in [1.54, 1.807) is 12.4 Å². The fraction of sp³-hybridized carbons (Fsp3) is 0.481. The molecule has 1 saturated carbocycles. The molecule has 0 aromatic carbocycles. The van der Waals surface area contributed by atoms with Gasteiger partial charge in [0.1, 0.15) is 6.10 Å². The van der Waals surface area contributed by atoms with Gasteiger partial charge in [-0.25, -0.2) is 9.78 Å². The molecule has 188 valence electrons. The van der Waals surface area contributed by atoms with E-state index in [0.29, 0.717) is 17.6 Å². The zero-order valence-electron chi connectivity index (χ0n) is 20.9. The predicted molar refractivity (Wildman–Crippen MR) is 137 cm³/mol. The maximum absolute atomic E-state index is 12.8. The number of amides is 2. The van der Waals surface area contributed by atoms with E-state index in [2.05, 4.69) is 26.0 Å². The van der Waals surface area contributed by atoms with Crippen LogP contribution in [0.25, 0.3) is 11.3 Å². The van der Waals surface area contributed by atoms with E-state index in [-0.39, 0.29) is 17.6 Å². The van der Waals surface area contributed by atoms with E-state index in [1.807, 2.05) is 36.9 Å². The zero-order valence-corrected chi connectivity index (χ0v) is 20.9. The van der Waals surface area contributed by atoms with Crippen LogP contribution in [-0.4, -0.2) is 49.8 Å². The summed E-state index contributed by atoms with van der Waals surface area (Å²) in [5.74, 6) is 0.858. The van der Waals surface area contributed by atoms with Gasteiger partial charge in [0.15, 0.2) is 11.6 Å². The van der Waals surface area contributed by atoms with Crippen molar-refractivity contribution < 1.29 is 9.53 Å². The lowest BCUT2D eigenvalue weighted by Gasteiger charge is -2.30. The van der Waals surface area contributed by atoms with Gasteiger partial charge in [0.2, 0.25) is 0 Å². The smallest absolute Gasteiger partial charge is 0.317 e. The molecule has 2 atom stereocenters. The molecule has 3 aliphatic rings. The molecule has 3 aromatic rings. The van der Waals surface area contributed by atoms with Gasteiger partial charge in [-0.05, 0) is 75.8 Å². The Balaban J connectivity index is 1.21.